The molecule has 1 atom stereocenters. The Morgan fingerprint density at radius 1 is 1.47 bits per heavy atom. The summed E-state index contributed by atoms with van der Waals surface area (Å²) in [6.07, 6.45) is 5.25. The third kappa shape index (κ3) is 4.70. The van der Waals surface area contributed by atoms with Crippen LogP contribution in [0.25, 0.3) is 0 Å². The van der Waals surface area contributed by atoms with Crippen LogP contribution < -0.4 is 5.32 Å². The number of likely N-dealkylation sites (N-methyl/N-ethyl adjacent to an activating group) is 1. The van der Waals surface area contributed by atoms with Crippen molar-refractivity contribution in [3.8, 4) is 0 Å². The van der Waals surface area contributed by atoms with E-state index >= 15 is 0 Å². The Labute approximate surface area is 117 Å². The van der Waals surface area contributed by atoms with Crippen LogP contribution >= 0.6 is 27.3 Å². The normalized spacial score (nSPS) is 21.0. The highest BCUT2D eigenvalue weighted by Gasteiger charge is 2.14. The maximum absolute atomic E-state index is 3.61. The van der Waals surface area contributed by atoms with Crippen molar-refractivity contribution in [2.24, 2.45) is 0 Å². The van der Waals surface area contributed by atoms with Crippen LogP contribution in [0.1, 0.15) is 24.1 Å². The van der Waals surface area contributed by atoms with Gasteiger partial charge in [0.05, 0.1) is 3.79 Å². The van der Waals surface area contributed by atoms with Crippen LogP contribution in [0, 0.1) is 0 Å². The molecule has 96 valence electrons. The maximum Gasteiger partial charge on any atom is 0.0701 e. The van der Waals surface area contributed by atoms with E-state index in [9.17, 15) is 0 Å². The minimum atomic E-state index is 0.712. The van der Waals surface area contributed by atoms with Gasteiger partial charge in [0.15, 0.2) is 0 Å². The van der Waals surface area contributed by atoms with E-state index in [1.54, 1.807) is 0 Å². The molecule has 0 saturated carbocycles. The highest BCUT2D eigenvalue weighted by molar-refractivity contribution is 9.11. The summed E-state index contributed by atoms with van der Waals surface area (Å²) in [4.78, 5) is 3.93. The number of nitrogens with zero attached hydrogens (tertiary/aromatic N) is 1. The fraction of sp³-hybridized carbons (Fsp3) is 0.692. The van der Waals surface area contributed by atoms with Crippen LogP contribution in [0.15, 0.2) is 15.9 Å². The molecule has 1 aromatic rings. The summed E-state index contributed by atoms with van der Waals surface area (Å²) in [6, 6.07) is 5.08. The third-order valence-electron chi connectivity index (χ3n) is 3.31. The number of halogens is 1. The quantitative estimate of drug-likeness (QED) is 0.897. The minimum Gasteiger partial charge on any atom is -0.313 e. The lowest BCUT2D eigenvalue weighted by atomic mass is 10.0. The molecule has 1 fully saturated rings. The Bertz CT molecular complexity index is 334. The fourth-order valence-corrected chi connectivity index (χ4v) is 3.81. The summed E-state index contributed by atoms with van der Waals surface area (Å²) >= 11 is 5.36. The molecule has 0 spiro atoms. The van der Waals surface area contributed by atoms with Crippen LogP contribution in [-0.2, 0) is 6.42 Å². The van der Waals surface area contributed by atoms with Gasteiger partial charge < -0.3 is 10.2 Å². The van der Waals surface area contributed by atoms with Gasteiger partial charge in [0.1, 0.15) is 0 Å². The largest absolute Gasteiger partial charge is 0.313 e. The number of hydrogen-bond donors (Lipinski definition) is 1. The SMILES string of the molecule is CN(CCc1ccc(Br)s1)CC1CCCCN1. The predicted molar refractivity (Wildman–Crippen MR) is 78.9 cm³/mol. The molecule has 4 heteroatoms. The van der Waals surface area contributed by atoms with E-state index in [-0.39, 0.29) is 0 Å². The highest BCUT2D eigenvalue weighted by Crippen LogP contribution is 2.22. The summed E-state index contributed by atoms with van der Waals surface area (Å²) in [6.45, 7) is 3.55. The van der Waals surface area contributed by atoms with E-state index in [0.717, 1.165) is 6.54 Å². The third-order valence-corrected chi connectivity index (χ3v) is 5.00. The molecule has 1 N–H and O–H groups in total. The van der Waals surface area contributed by atoms with E-state index in [1.807, 2.05) is 11.3 Å². The first-order valence-corrected chi connectivity index (χ1v) is 8.01. The van der Waals surface area contributed by atoms with Gasteiger partial charge in [-0.3, -0.25) is 0 Å². The fourth-order valence-electron chi connectivity index (χ4n) is 2.33. The second kappa shape index (κ2) is 6.88. The van der Waals surface area contributed by atoms with Crippen molar-refractivity contribution in [3.63, 3.8) is 0 Å². The molecule has 1 aliphatic rings. The van der Waals surface area contributed by atoms with Crippen molar-refractivity contribution in [2.45, 2.75) is 31.7 Å². The van der Waals surface area contributed by atoms with Crippen molar-refractivity contribution in [3.05, 3.63) is 20.8 Å². The Morgan fingerprint density at radius 3 is 3.00 bits per heavy atom. The molecular weight excluding hydrogens is 296 g/mol. The molecule has 0 bridgehead atoms. The first kappa shape index (κ1) is 13.5. The Hall–Kier alpha value is 0.1000. The molecule has 1 aliphatic heterocycles. The Balaban J connectivity index is 1.68. The molecule has 0 amide bonds. The average molecular weight is 317 g/mol. The Morgan fingerprint density at radius 2 is 2.35 bits per heavy atom. The van der Waals surface area contributed by atoms with Crippen molar-refractivity contribution in [2.75, 3.05) is 26.7 Å². The lowest BCUT2D eigenvalue weighted by molar-refractivity contribution is 0.265. The smallest absolute Gasteiger partial charge is 0.0701 e. The van der Waals surface area contributed by atoms with Gasteiger partial charge in [0.2, 0.25) is 0 Å². The van der Waals surface area contributed by atoms with Crippen LogP contribution in [0.4, 0.5) is 0 Å². The molecule has 2 heterocycles. The van der Waals surface area contributed by atoms with Gasteiger partial charge >= 0.3 is 0 Å². The summed E-state index contributed by atoms with van der Waals surface area (Å²) in [7, 11) is 2.24. The summed E-state index contributed by atoms with van der Waals surface area (Å²) < 4.78 is 1.24. The maximum atomic E-state index is 3.61. The van der Waals surface area contributed by atoms with Crippen molar-refractivity contribution < 1.29 is 0 Å². The zero-order valence-corrected chi connectivity index (χ0v) is 12.8. The van der Waals surface area contributed by atoms with Gasteiger partial charge in [-0.05, 0) is 60.9 Å². The first-order valence-electron chi connectivity index (χ1n) is 6.40. The molecule has 1 aromatic heterocycles. The second-order valence-electron chi connectivity index (χ2n) is 4.86. The van der Waals surface area contributed by atoms with Crippen molar-refractivity contribution >= 4 is 27.3 Å². The van der Waals surface area contributed by atoms with Gasteiger partial charge in [0.25, 0.3) is 0 Å². The van der Waals surface area contributed by atoms with Gasteiger partial charge in [-0.2, -0.15) is 0 Å². The van der Waals surface area contributed by atoms with E-state index in [2.05, 4.69) is 45.3 Å². The molecule has 1 unspecified atom stereocenters. The van der Waals surface area contributed by atoms with Gasteiger partial charge in [-0.1, -0.05) is 6.42 Å². The lowest BCUT2D eigenvalue weighted by Gasteiger charge is -2.28. The van der Waals surface area contributed by atoms with E-state index in [0.29, 0.717) is 6.04 Å². The summed E-state index contributed by atoms with van der Waals surface area (Å²) in [5.74, 6) is 0. The zero-order chi connectivity index (χ0) is 12.1. The minimum absolute atomic E-state index is 0.712. The number of rotatable bonds is 5. The van der Waals surface area contributed by atoms with E-state index in [1.165, 1.54) is 47.4 Å². The predicted octanol–water partition coefficient (Wildman–Crippen LogP) is 3.13. The lowest BCUT2D eigenvalue weighted by Crippen LogP contribution is -2.42. The molecular formula is C13H21BrN2S. The summed E-state index contributed by atoms with van der Waals surface area (Å²) in [5.41, 5.74) is 0. The van der Waals surface area contributed by atoms with Gasteiger partial charge in [-0.15, -0.1) is 11.3 Å². The molecule has 0 radical (unpaired) electrons. The van der Waals surface area contributed by atoms with Crippen LogP contribution in [-0.4, -0.2) is 37.6 Å². The molecule has 0 aromatic carbocycles. The molecule has 1 saturated heterocycles. The monoisotopic (exact) mass is 316 g/mol. The number of piperidine rings is 1. The number of hydrogen-bond acceptors (Lipinski definition) is 3. The first-order chi connectivity index (χ1) is 8.24. The van der Waals surface area contributed by atoms with Crippen molar-refractivity contribution in [1.29, 1.82) is 0 Å². The van der Waals surface area contributed by atoms with Crippen molar-refractivity contribution in [1.82, 2.24) is 10.2 Å². The molecule has 17 heavy (non-hydrogen) atoms. The van der Waals surface area contributed by atoms with Gasteiger partial charge in [0, 0.05) is 24.0 Å². The van der Waals surface area contributed by atoms with Crippen LogP contribution in [0.3, 0.4) is 0 Å². The standard InChI is InChI=1S/C13H21BrN2S/c1-16(10-11-4-2-3-8-15-11)9-7-12-5-6-13(14)17-12/h5-6,11,15H,2-4,7-10H2,1H3. The molecule has 2 rings (SSSR count). The molecule has 2 nitrogen and oxygen atoms in total. The summed E-state index contributed by atoms with van der Waals surface area (Å²) in [5, 5.41) is 3.61. The Kier molecular flexibility index (Phi) is 5.48. The average Bonchev–Trinajstić information content (AvgIpc) is 2.74. The molecule has 0 aliphatic carbocycles. The van der Waals surface area contributed by atoms with Gasteiger partial charge in [-0.25, -0.2) is 0 Å². The number of nitrogens with one attached hydrogen (secondary N) is 1. The van der Waals surface area contributed by atoms with E-state index in [4.69, 9.17) is 0 Å². The zero-order valence-electron chi connectivity index (χ0n) is 10.4. The number of thiophene rings is 1. The second-order valence-corrected chi connectivity index (χ2v) is 7.41. The van der Waals surface area contributed by atoms with Crippen LogP contribution in [0.2, 0.25) is 0 Å². The van der Waals surface area contributed by atoms with Crippen LogP contribution in [0.5, 0.6) is 0 Å². The van der Waals surface area contributed by atoms with E-state index < -0.39 is 0 Å². The topological polar surface area (TPSA) is 15.3 Å². The highest BCUT2D eigenvalue weighted by atomic mass is 79.9.